The highest BCUT2D eigenvalue weighted by Crippen LogP contribution is 2.32. The van der Waals surface area contributed by atoms with Crippen LogP contribution in [-0.4, -0.2) is 75.1 Å². The Morgan fingerprint density at radius 3 is 2.70 bits per heavy atom. The summed E-state index contributed by atoms with van der Waals surface area (Å²) in [6.45, 7) is 1.53. The van der Waals surface area contributed by atoms with E-state index in [-0.39, 0.29) is 6.04 Å². The lowest BCUT2D eigenvalue weighted by Crippen LogP contribution is -2.49. The van der Waals surface area contributed by atoms with E-state index >= 15 is 0 Å². The Hall–Kier alpha value is -2.72. The minimum absolute atomic E-state index is 0.263. The fourth-order valence-electron chi connectivity index (χ4n) is 5.01. The van der Waals surface area contributed by atoms with Crippen molar-refractivity contribution >= 4 is 11.6 Å². The van der Waals surface area contributed by atoms with E-state index in [4.69, 9.17) is 4.98 Å². The molecule has 4 heterocycles. The fraction of sp³-hybridized carbons (Fsp3) is 0.522. The smallest absolute Gasteiger partial charge is 0.339 e. The molecule has 176 valence electrons. The molecule has 1 saturated heterocycles. The maximum absolute atomic E-state index is 12.7. The van der Waals surface area contributed by atoms with Gasteiger partial charge in [0.2, 0.25) is 5.95 Å². The van der Waals surface area contributed by atoms with Crippen molar-refractivity contribution < 1.29 is 13.2 Å². The molecule has 7 nitrogen and oxygen atoms in total. The number of fused-ring (bicyclic) bond motifs is 2. The lowest BCUT2D eigenvalue weighted by Gasteiger charge is -2.35. The van der Waals surface area contributed by atoms with Gasteiger partial charge in [0.15, 0.2) is 0 Å². The average Bonchev–Trinajstić information content (AvgIpc) is 3.20. The van der Waals surface area contributed by atoms with Gasteiger partial charge in [-0.25, -0.2) is 9.97 Å². The first-order valence-corrected chi connectivity index (χ1v) is 11.4. The Labute approximate surface area is 190 Å². The number of anilines is 1. The van der Waals surface area contributed by atoms with E-state index < -0.39 is 12.7 Å². The van der Waals surface area contributed by atoms with Crippen molar-refractivity contribution in [3.05, 3.63) is 53.7 Å². The zero-order valence-electron chi connectivity index (χ0n) is 18.7. The molecule has 0 spiro atoms. The molecule has 3 aromatic rings. The van der Waals surface area contributed by atoms with Crippen LogP contribution in [0, 0.1) is 0 Å². The number of nitrogens with zero attached hydrogens (tertiary/aromatic N) is 7. The van der Waals surface area contributed by atoms with E-state index in [1.54, 1.807) is 6.20 Å². The zero-order chi connectivity index (χ0) is 23.0. The van der Waals surface area contributed by atoms with Crippen LogP contribution in [0.4, 0.5) is 19.1 Å². The molecule has 1 aliphatic heterocycles. The van der Waals surface area contributed by atoms with Gasteiger partial charge in [0, 0.05) is 51.3 Å². The highest BCUT2D eigenvalue weighted by molar-refractivity contribution is 5.48. The van der Waals surface area contributed by atoms with Gasteiger partial charge in [0.05, 0.1) is 24.0 Å². The second-order valence-electron chi connectivity index (χ2n) is 8.95. The summed E-state index contributed by atoms with van der Waals surface area (Å²) in [5.74, 6) is 0.727. The average molecular weight is 460 g/mol. The lowest BCUT2D eigenvalue weighted by molar-refractivity contribution is -0.146. The molecule has 33 heavy (non-hydrogen) atoms. The molecule has 2 aliphatic rings. The second kappa shape index (κ2) is 8.90. The van der Waals surface area contributed by atoms with Gasteiger partial charge in [-0.2, -0.15) is 13.2 Å². The van der Waals surface area contributed by atoms with Crippen LogP contribution in [0.1, 0.15) is 35.8 Å². The SMILES string of the molecule is CN(Cc1cn2c(N3CCN(CC(F)(F)F)CC3)nccc2n1)[C@H]1CCCc2cccnc21. The van der Waals surface area contributed by atoms with Crippen LogP contribution in [0.15, 0.2) is 36.8 Å². The first-order chi connectivity index (χ1) is 15.9. The van der Waals surface area contributed by atoms with Crippen LogP contribution in [0.25, 0.3) is 5.65 Å². The molecule has 5 rings (SSSR count). The molecule has 3 aromatic heterocycles. The van der Waals surface area contributed by atoms with Crippen molar-refractivity contribution in [3.8, 4) is 0 Å². The van der Waals surface area contributed by atoms with Crippen LogP contribution in [0.5, 0.6) is 0 Å². The summed E-state index contributed by atoms with van der Waals surface area (Å²) in [5.41, 5.74) is 4.22. The van der Waals surface area contributed by atoms with Crippen molar-refractivity contribution in [2.45, 2.75) is 38.0 Å². The largest absolute Gasteiger partial charge is 0.401 e. The lowest BCUT2D eigenvalue weighted by atomic mass is 9.91. The molecular formula is C23H28F3N7. The van der Waals surface area contributed by atoms with Crippen LogP contribution >= 0.6 is 0 Å². The molecule has 10 heteroatoms. The number of imidazole rings is 1. The minimum atomic E-state index is -4.17. The van der Waals surface area contributed by atoms with Crippen LogP contribution < -0.4 is 4.90 Å². The Morgan fingerprint density at radius 2 is 1.91 bits per heavy atom. The topological polar surface area (TPSA) is 52.8 Å². The Balaban J connectivity index is 1.31. The van der Waals surface area contributed by atoms with Gasteiger partial charge in [0.25, 0.3) is 0 Å². The van der Waals surface area contributed by atoms with Gasteiger partial charge >= 0.3 is 6.18 Å². The fourth-order valence-corrected chi connectivity index (χ4v) is 5.01. The number of aryl methyl sites for hydroxylation is 1. The zero-order valence-corrected chi connectivity index (χ0v) is 18.7. The van der Waals surface area contributed by atoms with E-state index in [0.29, 0.717) is 32.7 Å². The number of alkyl halides is 3. The second-order valence-corrected chi connectivity index (χ2v) is 8.95. The van der Waals surface area contributed by atoms with Crippen LogP contribution in [0.2, 0.25) is 0 Å². The highest BCUT2D eigenvalue weighted by atomic mass is 19.4. The summed E-state index contributed by atoms with van der Waals surface area (Å²) in [5, 5.41) is 0. The van der Waals surface area contributed by atoms with E-state index in [1.165, 1.54) is 10.5 Å². The van der Waals surface area contributed by atoms with Gasteiger partial charge in [-0.3, -0.25) is 19.2 Å². The Kier molecular flexibility index (Phi) is 5.96. The van der Waals surface area contributed by atoms with Crippen LogP contribution in [0.3, 0.4) is 0 Å². The summed E-state index contributed by atoms with van der Waals surface area (Å²) < 4.78 is 40.1. The summed E-state index contributed by atoms with van der Waals surface area (Å²) in [7, 11) is 2.11. The Bertz CT molecular complexity index is 1100. The molecule has 0 saturated carbocycles. The molecule has 1 fully saturated rings. The normalized spacial score (nSPS) is 19.9. The number of aromatic nitrogens is 4. The number of piperazine rings is 1. The number of pyridine rings is 1. The number of hydrogen-bond acceptors (Lipinski definition) is 6. The minimum Gasteiger partial charge on any atom is -0.339 e. The van der Waals surface area contributed by atoms with Crippen molar-refractivity contribution in [1.29, 1.82) is 0 Å². The summed E-state index contributed by atoms with van der Waals surface area (Å²) in [4.78, 5) is 19.8. The molecule has 0 bridgehead atoms. The first-order valence-electron chi connectivity index (χ1n) is 11.4. The maximum Gasteiger partial charge on any atom is 0.401 e. The molecule has 0 unspecified atom stereocenters. The van der Waals surface area contributed by atoms with Gasteiger partial charge in [-0.05, 0) is 44.0 Å². The first kappa shape index (κ1) is 22.1. The third-order valence-corrected chi connectivity index (χ3v) is 6.58. The Morgan fingerprint density at radius 1 is 1.09 bits per heavy atom. The quantitative estimate of drug-likeness (QED) is 0.584. The van der Waals surface area contributed by atoms with E-state index in [0.717, 1.165) is 42.2 Å². The van der Waals surface area contributed by atoms with E-state index in [2.05, 4.69) is 28.0 Å². The standard InChI is InChI=1S/C23H28F3N7/c1-30(19-6-2-4-17-5-3-8-27-21(17)19)14-18-15-33-20(29-18)7-9-28-22(33)32-12-10-31(11-13-32)16-23(24,25)26/h3,5,7-9,15,19H,2,4,6,10-14,16H2,1H3/t19-/m0/s1. The number of hydrogen-bond donors (Lipinski definition) is 0. The highest BCUT2D eigenvalue weighted by Gasteiger charge is 2.32. The molecular weight excluding hydrogens is 431 g/mol. The predicted octanol–water partition coefficient (Wildman–Crippen LogP) is 3.32. The molecule has 0 amide bonds. The molecule has 1 atom stereocenters. The van der Waals surface area contributed by atoms with Gasteiger partial charge < -0.3 is 4.90 Å². The molecule has 1 aliphatic carbocycles. The molecule has 0 N–H and O–H groups in total. The summed E-state index contributed by atoms with van der Waals surface area (Å²) in [6.07, 6.45) is 4.71. The van der Waals surface area contributed by atoms with Crippen molar-refractivity contribution in [2.24, 2.45) is 0 Å². The van der Waals surface area contributed by atoms with Crippen molar-refractivity contribution in [2.75, 3.05) is 44.7 Å². The monoisotopic (exact) mass is 459 g/mol. The molecule has 0 aromatic carbocycles. The van der Waals surface area contributed by atoms with Crippen LogP contribution in [-0.2, 0) is 13.0 Å². The third kappa shape index (κ3) is 4.81. The third-order valence-electron chi connectivity index (χ3n) is 6.58. The van der Waals surface area contributed by atoms with E-state index in [9.17, 15) is 13.2 Å². The van der Waals surface area contributed by atoms with E-state index in [1.807, 2.05) is 33.8 Å². The predicted molar refractivity (Wildman–Crippen MR) is 119 cm³/mol. The van der Waals surface area contributed by atoms with Crippen molar-refractivity contribution in [1.82, 2.24) is 29.2 Å². The number of rotatable bonds is 5. The van der Waals surface area contributed by atoms with Gasteiger partial charge in [0.1, 0.15) is 5.65 Å². The van der Waals surface area contributed by atoms with Gasteiger partial charge in [-0.15, -0.1) is 0 Å². The summed E-state index contributed by atoms with van der Waals surface area (Å²) in [6, 6.07) is 6.30. The van der Waals surface area contributed by atoms with Crippen molar-refractivity contribution in [3.63, 3.8) is 0 Å². The van der Waals surface area contributed by atoms with Gasteiger partial charge in [-0.1, -0.05) is 6.07 Å². The molecule has 0 radical (unpaired) electrons. The maximum atomic E-state index is 12.7. The number of halogens is 3. The summed E-state index contributed by atoms with van der Waals surface area (Å²) >= 11 is 0.